The van der Waals surface area contributed by atoms with Gasteiger partial charge in [-0.3, -0.25) is 15.5 Å². The predicted molar refractivity (Wildman–Crippen MR) is 79.7 cm³/mol. The molecule has 0 unspecified atom stereocenters. The second-order valence-electron chi connectivity index (χ2n) is 4.16. The third kappa shape index (κ3) is 2.97. The van der Waals surface area contributed by atoms with Crippen molar-refractivity contribution in [2.45, 2.75) is 13.8 Å². The fourth-order valence-corrected chi connectivity index (χ4v) is 1.98. The van der Waals surface area contributed by atoms with Crippen LogP contribution >= 0.6 is 12.4 Å². The quantitative estimate of drug-likeness (QED) is 0.578. The van der Waals surface area contributed by atoms with E-state index in [1.54, 1.807) is 11.6 Å². The van der Waals surface area contributed by atoms with Crippen LogP contribution in [0.15, 0.2) is 30.3 Å². The molecule has 0 fully saturated rings. The van der Waals surface area contributed by atoms with E-state index in [1.807, 2.05) is 37.3 Å². The summed E-state index contributed by atoms with van der Waals surface area (Å²) < 4.78 is 1.70. The highest BCUT2D eigenvalue weighted by Gasteiger charge is 2.19. The number of carbonyl (C=O) groups excluding carboxylic acids is 1. The third-order valence-electron chi connectivity index (χ3n) is 2.77. The Labute approximate surface area is 122 Å². The minimum atomic E-state index is -0.412. The fraction of sp³-hybridized carbons (Fsp3) is 0.154. The Hall–Kier alpha value is -2.34. The van der Waals surface area contributed by atoms with Crippen molar-refractivity contribution >= 4 is 24.3 Å². The maximum Gasteiger partial charge on any atom is 0.261 e. The molecule has 0 spiro atoms. The first-order chi connectivity index (χ1) is 9.00. The van der Waals surface area contributed by atoms with E-state index in [4.69, 9.17) is 11.1 Å². The van der Waals surface area contributed by atoms with Crippen LogP contribution in [0.25, 0.3) is 5.69 Å². The second-order valence-corrected chi connectivity index (χ2v) is 4.16. The lowest BCUT2D eigenvalue weighted by molar-refractivity contribution is 0.0975. The Kier molecular flexibility index (Phi) is 4.88. The summed E-state index contributed by atoms with van der Waals surface area (Å²) in [6.07, 6.45) is 0. The summed E-state index contributed by atoms with van der Waals surface area (Å²) in [5.74, 6) is -0.791. The van der Waals surface area contributed by atoms with Gasteiger partial charge < -0.3 is 5.73 Å². The van der Waals surface area contributed by atoms with Crippen molar-refractivity contribution in [2.24, 2.45) is 5.73 Å². The summed E-state index contributed by atoms with van der Waals surface area (Å²) in [5, 5.41) is 13.7. The van der Waals surface area contributed by atoms with Gasteiger partial charge in [0.2, 0.25) is 0 Å². The zero-order valence-corrected chi connectivity index (χ0v) is 12.0. The smallest absolute Gasteiger partial charge is 0.261 e. The van der Waals surface area contributed by atoms with Crippen LogP contribution in [0.2, 0.25) is 0 Å². The van der Waals surface area contributed by atoms with Crippen LogP contribution in [0.4, 0.5) is 0 Å². The van der Waals surface area contributed by atoms with Crippen molar-refractivity contribution in [1.29, 1.82) is 5.41 Å². The average molecular weight is 294 g/mol. The maximum absolute atomic E-state index is 12.0. The first kappa shape index (κ1) is 15.7. The number of hydrogen-bond donors (Lipinski definition) is 3. The number of aromatic nitrogens is 2. The molecule has 6 nitrogen and oxygen atoms in total. The zero-order valence-electron chi connectivity index (χ0n) is 11.2. The van der Waals surface area contributed by atoms with E-state index in [-0.39, 0.29) is 18.4 Å². The van der Waals surface area contributed by atoms with Crippen molar-refractivity contribution < 1.29 is 4.79 Å². The SMILES string of the molecule is Cc1nn(-c2ccccc2)c(C)c1C(=O)NC(=N)N.Cl. The molecule has 1 heterocycles. The highest BCUT2D eigenvalue weighted by atomic mass is 35.5. The largest absolute Gasteiger partial charge is 0.370 e. The number of amides is 1. The standard InChI is InChI=1S/C13H15N5O.ClH/c1-8-11(12(19)16-13(14)15)9(2)18(17-8)10-6-4-3-5-7-10;/h3-7H,1-2H3,(H4,14,15,16,19);1H. The number of benzene rings is 1. The van der Waals surface area contributed by atoms with Crippen LogP contribution in [0.1, 0.15) is 21.7 Å². The lowest BCUT2D eigenvalue weighted by atomic mass is 10.2. The van der Waals surface area contributed by atoms with Gasteiger partial charge in [-0.25, -0.2) is 4.68 Å². The Bertz CT molecular complexity index is 636. The van der Waals surface area contributed by atoms with E-state index in [1.165, 1.54) is 0 Å². The van der Waals surface area contributed by atoms with Crippen LogP contribution < -0.4 is 11.1 Å². The minimum absolute atomic E-state index is 0. The van der Waals surface area contributed by atoms with Gasteiger partial charge in [0.1, 0.15) is 0 Å². The summed E-state index contributed by atoms with van der Waals surface area (Å²) >= 11 is 0. The Morgan fingerprint density at radius 2 is 1.90 bits per heavy atom. The van der Waals surface area contributed by atoms with E-state index >= 15 is 0 Å². The number of carbonyl (C=O) groups is 1. The zero-order chi connectivity index (χ0) is 14.0. The van der Waals surface area contributed by atoms with Crippen LogP contribution in [0.5, 0.6) is 0 Å². The number of nitrogens with zero attached hydrogens (tertiary/aromatic N) is 2. The van der Waals surface area contributed by atoms with Gasteiger partial charge in [0.05, 0.1) is 22.6 Å². The van der Waals surface area contributed by atoms with Gasteiger partial charge in [0, 0.05) is 0 Å². The third-order valence-corrected chi connectivity index (χ3v) is 2.77. The summed E-state index contributed by atoms with van der Waals surface area (Å²) in [7, 11) is 0. The van der Waals surface area contributed by atoms with Crippen molar-refractivity contribution in [1.82, 2.24) is 15.1 Å². The van der Waals surface area contributed by atoms with Gasteiger partial charge >= 0.3 is 0 Å². The molecule has 0 saturated carbocycles. The van der Waals surface area contributed by atoms with Crippen LogP contribution in [0.3, 0.4) is 0 Å². The predicted octanol–water partition coefficient (Wildman–Crippen LogP) is 1.53. The Balaban J connectivity index is 0.00000200. The van der Waals surface area contributed by atoms with Crippen LogP contribution in [0, 0.1) is 19.3 Å². The van der Waals surface area contributed by atoms with Crippen molar-refractivity contribution in [3.8, 4) is 5.69 Å². The molecule has 1 aromatic heterocycles. The van der Waals surface area contributed by atoms with Gasteiger partial charge in [-0.15, -0.1) is 12.4 Å². The first-order valence-corrected chi connectivity index (χ1v) is 5.77. The highest BCUT2D eigenvalue weighted by Crippen LogP contribution is 2.17. The number of aryl methyl sites for hydroxylation is 1. The van der Waals surface area contributed by atoms with E-state index in [2.05, 4.69) is 10.4 Å². The molecular formula is C13H16ClN5O. The second kappa shape index (κ2) is 6.21. The number of guanidine groups is 1. The number of rotatable bonds is 2. The summed E-state index contributed by atoms with van der Waals surface area (Å²) in [6, 6.07) is 9.54. The molecule has 2 rings (SSSR count). The van der Waals surface area contributed by atoms with E-state index in [0.29, 0.717) is 17.0 Å². The molecule has 0 radical (unpaired) electrons. The lowest BCUT2D eigenvalue weighted by Crippen LogP contribution is -2.36. The van der Waals surface area contributed by atoms with Gasteiger partial charge in [0.15, 0.2) is 5.96 Å². The molecule has 0 aliphatic carbocycles. The molecule has 7 heteroatoms. The molecule has 20 heavy (non-hydrogen) atoms. The van der Waals surface area contributed by atoms with Crippen LogP contribution in [-0.2, 0) is 0 Å². The molecular weight excluding hydrogens is 278 g/mol. The van der Waals surface area contributed by atoms with Crippen molar-refractivity contribution in [3.63, 3.8) is 0 Å². The van der Waals surface area contributed by atoms with Crippen LogP contribution in [-0.4, -0.2) is 21.6 Å². The molecule has 0 saturated heterocycles. The van der Waals surface area contributed by atoms with E-state index < -0.39 is 5.91 Å². The van der Waals surface area contributed by atoms with Gasteiger partial charge in [-0.1, -0.05) is 18.2 Å². The number of halogens is 1. The molecule has 0 aliphatic rings. The molecule has 4 N–H and O–H groups in total. The Morgan fingerprint density at radius 1 is 1.30 bits per heavy atom. The van der Waals surface area contributed by atoms with Crippen molar-refractivity contribution in [2.75, 3.05) is 0 Å². The van der Waals surface area contributed by atoms with Gasteiger partial charge in [-0.2, -0.15) is 5.10 Å². The topological polar surface area (TPSA) is 96.8 Å². The highest BCUT2D eigenvalue weighted by molar-refractivity contribution is 6.05. The molecule has 0 bridgehead atoms. The number of hydrogen-bond acceptors (Lipinski definition) is 3. The van der Waals surface area contributed by atoms with Gasteiger partial charge in [0.25, 0.3) is 5.91 Å². The number of nitrogens with one attached hydrogen (secondary N) is 2. The molecule has 106 valence electrons. The summed E-state index contributed by atoms with van der Waals surface area (Å²) in [4.78, 5) is 12.0. The normalized spacial score (nSPS) is 9.70. The molecule has 2 aromatic rings. The van der Waals surface area contributed by atoms with E-state index in [0.717, 1.165) is 5.69 Å². The lowest BCUT2D eigenvalue weighted by Gasteiger charge is -2.05. The monoisotopic (exact) mass is 293 g/mol. The minimum Gasteiger partial charge on any atom is -0.370 e. The fourth-order valence-electron chi connectivity index (χ4n) is 1.98. The number of para-hydroxylation sites is 1. The molecule has 0 aliphatic heterocycles. The first-order valence-electron chi connectivity index (χ1n) is 5.77. The molecule has 0 atom stereocenters. The van der Waals surface area contributed by atoms with Crippen molar-refractivity contribution in [3.05, 3.63) is 47.3 Å². The maximum atomic E-state index is 12.0. The molecule has 1 aromatic carbocycles. The summed E-state index contributed by atoms with van der Waals surface area (Å²) in [6.45, 7) is 3.56. The Morgan fingerprint density at radius 3 is 2.45 bits per heavy atom. The number of nitrogens with two attached hydrogens (primary N) is 1. The summed E-state index contributed by atoms with van der Waals surface area (Å²) in [5.41, 5.74) is 7.80. The average Bonchev–Trinajstić information content (AvgIpc) is 2.65. The van der Waals surface area contributed by atoms with Gasteiger partial charge in [-0.05, 0) is 26.0 Å². The van der Waals surface area contributed by atoms with E-state index in [9.17, 15) is 4.79 Å². The molecule has 1 amide bonds.